The number of carbonyl (C=O) groups is 1. The highest BCUT2D eigenvalue weighted by Gasteiger charge is 2.15. The highest BCUT2D eigenvalue weighted by Crippen LogP contribution is 2.36. The fourth-order valence-corrected chi connectivity index (χ4v) is 4.55. The Morgan fingerprint density at radius 3 is 2.52 bits per heavy atom. The van der Waals surface area contributed by atoms with Crippen LogP contribution in [0.25, 0.3) is 0 Å². The van der Waals surface area contributed by atoms with Gasteiger partial charge in [0.1, 0.15) is 13.2 Å². The number of thioether (sulfide) groups is 1. The lowest BCUT2D eigenvalue weighted by Gasteiger charge is -2.19. The van der Waals surface area contributed by atoms with Crippen molar-refractivity contribution in [2.24, 2.45) is 0 Å². The van der Waals surface area contributed by atoms with Crippen LogP contribution in [0.5, 0.6) is 11.5 Å². The molecule has 27 heavy (non-hydrogen) atoms. The Morgan fingerprint density at radius 1 is 1.15 bits per heavy atom. The van der Waals surface area contributed by atoms with Gasteiger partial charge in [-0.05, 0) is 54.8 Å². The molecule has 1 heterocycles. The van der Waals surface area contributed by atoms with Crippen LogP contribution < -0.4 is 14.8 Å². The Morgan fingerprint density at radius 2 is 1.81 bits per heavy atom. The highest BCUT2D eigenvalue weighted by molar-refractivity contribution is 9.10. The summed E-state index contributed by atoms with van der Waals surface area (Å²) in [5, 5.41) is 3.04. The van der Waals surface area contributed by atoms with Crippen molar-refractivity contribution < 1.29 is 14.3 Å². The Balaban J connectivity index is 1.42. The molecular weight excluding hydrogens is 426 g/mol. The third-order valence-electron chi connectivity index (χ3n) is 4.41. The molecule has 1 amide bonds. The maximum atomic E-state index is 12.2. The molecule has 0 unspecified atom stereocenters. The summed E-state index contributed by atoms with van der Waals surface area (Å²) in [4.78, 5) is 12.2. The number of hydrogen-bond acceptors (Lipinski definition) is 4. The third kappa shape index (κ3) is 5.42. The summed E-state index contributed by atoms with van der Waals surface area (Å²) < 4.78 is 12.3. The highest BCUT2D eigenvalue weighted by atomic mass is 79.9. The van der Waals surface area contributed by atoms with Crippen molar-refractivity contribution in [2.75, 3.05) is 24.3 Å². The van der Waals surface area contributed by atoms with Gasteiger partial charge in [0.2, 0.25) is 5.91 Å². The fourth-order valence-electron chi connectivity index (χ4n) is 2.95. The molecule has 0 spiro atoms. The van der Waals surface area contributed by atoms with Crippen molar-refractivity contribution in [1.82, 2.24) is 0 Å². The van der Waals surface area contributed by atoms with E-state index in [-0.39, 0.29) is 5.91 Å². The molecule has 3 rings (SSSR count). The lowest BCUT2D eigenvalue weighted by Crippen LogP contribution is -2.15. The molecule has 1 aliphatic heterocycles. The normalized spacial score (nSPS) is 12.7. The van der Waals surface area contributed by atoms with E-state index in [0.29, 0.717) is 19.6 Å². The van der Waals surface area contributed by atoms with Crippen LogP contribution in [-0.2, 0) is 10.5 Å². The van der Waals surface area contributed by atoms with Gasteiger partial charge in [-0.25, -0.2) is 0 Å². The van der Waals surface area contributed by atoms with E-state index in [0.717, 1.165) is 50.7 Å². The number of fused-ring (bicyclic) bond motifs is 1. The quantitative estimate of drug-likeness (QED) is 0.567. The lowest BCUT2D eigenvalue weighted by molar-refractivity contribution is -0.116. The van der Waals surface area contributed by atoms with E-state index >= 15 is 0 Å². The minimum Gasteiger partial charge on any atom is -0.486 e. The molecular formula is C21H24BrNO3S. The molecule has 144 valence electrons. The second kappa shape index (κ2) is 9.51. The first kappa shape index (κ1) is 20.1. The second-order valence-corrected chi connectivity index (χ2v) is 8.52. The fraction of sp³-hybridized carbons (Fsp3) is 0.381. The van der Waals surface area contributed by atoms with E-state index in [1.807, 2.05) is 55.9 Å². The van der Waals surface area contributed by atoms with E-state index in [2.05, 4.69) is 21.2 Å². The summed E-state index contributed by atoms with van der Waals surface area (Å²) in [6.45, 7) is 5.22. The molecule has 0 radical (unpaired) electrons. The molecule has 0 saturated heterocycles. The maximum absolute atomic E-state index is 12.2. The summed E-state index contributed by atoms with van der Waals surface area (Å²) in [5.41, 5.74) is 4.32. The van der Waals surface area contributed by atoms with E-state index in [1.54, 1.807) is 0 Å². The van der Waals surface area contributed by atoms with Gasteiger partial charge in [-0.15, -0.1) is 0 Å². The van der Waals surface area contributed by atoms with E-state index in [4.69, 9.17) is 9.47 Å². The van der Waals surface area contributed by atoms with Gasteiger partial charge < -0.3 is 14.8 Å². The number of halogens is 1. The summed E-state index contributed by atoms with van der Waals surface area (Å²) in [5.74, 6) is 3.49. The molecule has 4 nitrogen and oxygen atoms in total. The monoisotopic (exact) mass is 449 g/mol. The van der Waals surface area contributed by atoms with Crippen LogP contribution in [0, 0.1) is 13.8 Å². The first-order chi connectivity index (χ1) is 13.0. The molecule has 2 aromatic carbocycles. The Bertz CT molecular complexity index is 805. The van der Waals surface area contributed by atoms with Crippen LogP contribution in [0.4, 0.5) is 5.69 Å². The lowest BCUT2D eigenvalue weighted by atomic mass is 10.1. The van der Waals surface area contributed by atoms with Crippen LogP contribution in [-0.4, -0.2) is 24.9 Å². The zero-order valence-corrected chi connectivity index (χ0v) is 18.0. The summed E-state index contributed by atoms with van der Waals surface area (Å²) >= 11 is 5.42. The van der Waals surface area contributed by atoms with E-state index < -0.39 is 0 Å². The first-order valence-corrected chi connectivity index (χ1v) is 11.0. The molecule has 1 aliphatic rings. The molecule has 1 N–H and O–H groups in total. The number of para-hydroxylation sites is 1. The average Bonchev–Trinajstić information content (AvgIpc) is 2.65. The number of hydrogen-bond donors (Lipinski definition) is 1. The van der Waals surface area contributed by atoms with E-state index in [1.165, 1.54) is 5.56 Å². The van der Waals surface area contributed by atoms with Crippen LogP contribution in [0.3, 0.4) is 0 Å². The van der Waals surface area contributed by atoms with Crippen LogP contribution >= 0.6 is 27.7 Å². The predicted octanol–water partition coefficient (Wildman–Crippen LogP) is 5.49. The van der Waals surface area contributed by atoms with Crippen molar-refractivity contribution >= 4 is 39.3 Å². The average molecular weight is 450 g/mol. The minimum absolute atomic E-state index is 0.0773. The standard InChI is InChI=1S/C21H24BrNO3S/c1-14-5-3-6-15(2)21(14)23-20(24)7-4-10-27-13-16-11-18-19(12-17(16)22)26-9-8-25-18/h3,5-6,11-12H,4,7-10,13H2,1-2H3,(H,23,24). The number of anilines is 1. The molecule has 0 fully saturated rings. The SMILES string of the molecule is Cc1cccc(C)c1NC(=O)CCCSCc1cc2c(cc1Br)OCCO2. The van der Waals surface area contributed by atoms with E-state index in [9.17, 15) is 4.79 Å². The minimum atomic E-state index is 0.0773. The van der Waals surface area contributed by atoms with Crippen LogP contribution in [0.1, 0.15) is 29.5 Å². The van der Waals surface area contributed by atoms with Crippen molar-refractivity contribution in [3.63, 3.8) is 0 Å². The predicted molar refractivity (Wildman–Crippen MR) is 115 cm³/mol. The number of rotatable bonds is 7. The number of nitrogens with one attached hydrogen (secondary N) is 1. The summed E-state index contributed by atoms with van der Waals surface area (Å²) in [6.07, 6.45) is 1.38. The van der Waals surface area contributed by atoms with Gasteiger partial charge in [0, 0.05) is 22.3 Å². The Labute approximate surface area is 173 Å². The van der Waals surface area contributed by atoms with Crippen LogP contribution in [0.15, 0.2) is 34.8 Å². The van der Waals surface area contributed by atoms with Crippen molar-refractivity contribution in [1.29, 1.82) is 0 Å². The van der Waals surface area contributed by atoms with Gasteiger partial charge in [-0.1, -0.05) is 34.1 Å². The summed E-state index contributed by atoms with van der Waals surface area (Å²) in [6, 6.07) is 10.1. The van der Waals surface area contributed by atoms with Crippen molar-refractivity contribution in [3.05, 3.63) is 51.5 Å². The Hall–Kier alpha value is -1.66. The van der Waals surface area contributed by atoms with Gasteiger partial charge in [0.15, 0.2) is 11.5 Å². The maximum Gasteiger partial charge on any atom is 0.224 e. The molecule has 6 heteroatoms. The largest absolute Gasteiger partial charge is 0.486 e. The van der Waals surface area contributed by atoms with Crippen LogP contribution in [0.2, 0.25) is 0 Å². The molecule has 0 aliphatic carbocycles. The number of carbonyl (C=O) groups excluding carboxylic acids is 1. The van der Waals surface area contributed by atoms with Crippen molar-refractivity contribution in [3.8, 4) is 11.5 Å². The zero-order valence-electron chi connectivity index (χ0n) is 15.6. The van der Waals surface area contributed by atoms with Crippen molar-refractivity contribution in [2.45, 2.75) is 32.4 Å². The molecule has 0 bridgehead atoms. The van der Waals surface area contributed by atoms with Gasteiger partial charge >= 0.3 is 0 Å². The number of benzene rings is 2. The zero-order chi connectivity index (χ0) is 19.2. The van der Waals surface area contributed by atoms with Gasteiger partial charge in [0.05, 0.1) is 0 Å². The van der Waals surface area contributed by atoms with Gasteiger partial charge in [-0.3, -0.25) is 4.79 Å². The summed E-state index contributed by atoms with van der Waals surface area (Å²) in [7, 11) is 0. The smallest absolute Gasteiger partial charge is 0.224 e. The third-order valence-corrected chi connectivity index (χ3v) is 6.24. The molecule has 0 atom stereocenters. The number of aryl methyl sites for hydroxylation is 2. The molecule has 0 saturated carbocycles. The number of ether oxygens (including phenoxy) is 2. The Kier molecular flexibility index (Phi) is 7.07. The van der Waals surface area contributed by atoms with Gasteiger partial charge in [0.25, 0.3) is 0 Å². The first-order valence-electron chi connectivity index (χ1n) is 9.06. The molecule has 0 aromatic heterocycles. The van der Waals surface area contributed by atoms with Gasteiger partial charge in [-0.2, -0.15) is 11.8 Å². The second-order valence-electron chi connectivity index (χ2n) is 6.56. The topological polar surface area (TPSA) is 47.6 Å². The molecule has 2 aromatic rings. The number of amides is 1.